The van der Waals surface area contributed by atoms with Crippen LogP contribution in [-0.2, 0) is 28.7 Å². The van der Waals surface area contributed by atoms with E-state index in [9.17, 15) is 33.6 Å². The van der Waals surface area contributed by atoms with Gasteiger partial charge in [-0.1, -0.05) is 97.1 Å². The van der Waals surface area contributed by atoms with E-state index >= 15 is 0 Å². The van der Waals surface area contributed by atoms with E-state index in [4.69, 9.17) is 15.2 Å². The zero-order valence-corrected chi connectivity index (χ0v) is 36.9. The Labute approximate surface area is 380 Å². The lowest BCUT2D eigenvalue weighted by molar-refractivity contribution is -0.155. The Bertz CT molecular complexity index is 2680. The van der Waals surface area contributed by atoms with E-state index in [1.807, 2.05) is 72.2 Å². The van der Waals surface area contributed by atoms with E-state index in [-0.39, 0.29) is 36.0 Å². The number of para-hydroxylation sites is 2. The van der Waals surface area contributed by atoms with Crippen molar-refractivity contribution >= 4 is 70.1 Å². The highest BCUT2D eigenvalue weighted by Crippen LogP contribution is 2.44. The standard InChI is InChI=1S/C49H50N8O9/c1-49(2,3)66-44(60)24-31(25-51-54-47(50)63)52-42(58)27-57-41-23-12-11-22-40(41)56(26-39(46(57)62)53-45(61)37-21-13-15-30-14-5-6-16-32(30)37)43(59)28-55(4)48(64)65-29-38-35-19-9-7-17-33(35)34-18-8-10-20-36(34)38/h5-23,25,31,38-39H,24,26-29H2,1-4H3,(H,52,58)(H,53,61)(H3,50,54,63)/t31-,39-/m0/s1. The number of nitrogens with zero attached hydrogens (tertiary/aromatic N) is 4. The number of nitrogens with one attached hydrogen (secondary N) is 3. The summed E-state index contributed by atoms with van der Waals surface area (Å²) < 4.78 is 11.2. The van der Waals surface area contributed by atoms with Crippen LogP contribution in [0.4, 0.5) is 21.0 Å². The third-order valence-corrected chi connectivity index (χ3v) is 10.9. The van der Waals surface area contributed by atoms with Gasteiger partial charge in [0.1, 0.15) is 31.3 Å². The van der Waals surface area contributed by atoms with Crippen LogP contribution in [0, 0.1) is 0 Å². The highest BCUT2D eigenvalue weighted by Gasteiger charge is 2.39. The summed E-state index contributed by atoms with van der Waals surface area (Å²) in [5, 5.41) is 10.6. The molecule has 5 aromatic carbocycles. The number of amides is 7. The van der Waals surface area contributed by atoms with Gasteiger partial charge in [-0.3, -0.25) is 28.9 Å². The van der Waals surface area contributed by atoms with Crippen LogP contribution in [-0.4, -0.2) is 104 Å². The summed E-state index contributed by atoms with van der Waals surface area (Å²) in [6.45, 7) is 3.53. The average Bonchev–Trinajstić information content (AvgIpc) is 3.55. The number of primary amides is 1. The Morgan fingerprint density at radius 1 is 0.848 bits per heavy atom. The van der Waals surface area contributed by atoms with Gasteiger partial charge in [-0.2, -0.15) is 5.10 Å². The van der Waals surface area contributed by atoms with Crippen molar-refractivity contribution in [3.8, 4) is 11.1 Å². The van der Waals surface area contributed by atoms with E-state index in [0.29, 0.717) is 5.39 Å². The second-order valence-electron chi connectivity index (χ2n) is 16.8. The number of rotatable bonds is 13. The Kier molecular flexibility index (Phi) is 13.7. The molecular weight excluding hydrogens is 845 g/mol. The van der Waals surface area contributed by atoms with Crippen LogP contribution in [0.15, 0.2) is 120 Å². The minimum Gasteiger partial charge on any atom is -0.460 e. The van der Waals surface area contributed by atoms with E-state index in [2.05, 4.69) is 15.7 Å². The zero-order valence-electron chi connectivity index (χ0n) is 36.9. The van der Waals surface area contributed by atoms with Gasteiger partial charge < -0.3 is 35.6 Å². The molecule has 17 nitrogen and oxygen atoms in total. The second-order valence-corrected chi connectivity index (χ2v) is 16.8. The topological polar surface area (TPSA) is 222 Å². The number of ether oxygens (including phenoxy) is 2. The smallest absolute Gasteiger partial charge is 0.409 e. The van der Waals surface area contributed by atoms with Crippen molar-refractivity contribution in [2.75, 3.05) is 43.1 Å². The van der Waals surface area contributed by atoms with Gasteiger partial charge in [0.15, 0.2) is 0 Å². The molecule has 0 saturated carbocycles. The largest absolute Gasteiger partial charge is 0.460 e. The molecule has 1 aliphatic carbocycles. The van der Waals surface area contributed by atoms with Crippen LogP contribution in [0.1, 0.15) is 54.6 Å². The van der Waals surface area contributed by atoms with E-state index < -0.39 is 78.9 Å². The maximum atomic E-state index is 14.8. The van der Waals surface area contributed by atoms with Gasteiger partial charge in [0.25, 0.3) is 11.8 Å². The quantitative estimate of drug-likeness (QED) is 0.0703. The second kappa shape index (κ2) is 19.8. The summed E-state index contributed by atoms with van der Waals surface area (Å²) >= 11 is 0. The molecule has 0 aromatic heterocycles. The van der Waals surface area contributed by atoms with Gasteiger partial charge in [-0.15, -0.1) is 0 Å². The van der Waals surface area contributed by atoms with Gasteiger partial charge in [-0.25, -0.2) is 15.0 Å². The highest BCUT2D eigenvalue weighted by molar-refractivity contribution is 6.13. The number of likely N-dealkylation sites (N-methyl/N-ethyl adjacent to an activating group) is 1. The third-order valence-electron chi connectivity index (χ3n) is 10.9. The number of hydrazone groups is 1. The number of fused-ring (bicyclic) bond motifs is 5. The lowest BCUT2D eigenvalue weighted by Gasteiger charge is -2.27. The van der Waals surface area contributed by atoms with E-state index in [0.717, 1.165) is 43.7 Å². The average molecular weight is 895 g/mol. The van der Waals surface area contributed by atoms with Crippen LogP contribution in [0.3, 0.4) is 0 Å². The normalized spacial score (nSPS) is 14.9. The Morgan fingerprint density at radius 3 is 2.15 bits per heavy atom. The van der Waals surface area contributed by atoms with E-state index in [1.54, 1.807) is 69.3 Å². The first-order chi connectivity index (χ1) is 31.6. The fraction of sp³-hybridized carbons (Fsp3) is 0.265. The summed E-state index contributed by atoms with van der Waals surface area (Å²) in [6, 6.07) is 31.1. The Hall–Kier alpha value is -8.08. The predicted octanol–water partition coefficient (Wildman–Crippen LogP) is 5.07. The van der Waals surface area contributed by atoms with Gasteiger partial charge in [0.05, 0.1) is 30.4 Å². The molecule has 0 saturated heterocycles. The molecule has 0 unspecified atom stereocenters. The first-order valence-corrected chi connectivity index (χ1v) is 21.2. The molecule has 0 spiro atoms. The number of carbonyl (C=O) groups excluding carboxylic acids is 7. The summed E-state index contributed by atoms with van der Waals surface area (Å²) in [6.07, 6.45) is -0.0643. The number of carbonyl (C=O) groups is 7. The SMILES string of the molecule is CN(CC(=O)N1C[C@H](NC(=O)c2cccc3ccccc23)C(=O)N(CC(=O)N[C@H](C=NNC(N)=O)CC(=O)OC(C)(C)C)c2ccccc21)C(=O)OCC1c2ccccc2-c2ccccc21. The molecule has 340 valence electrons. The molecule has 1 heterocycles. The van der Waals surface area contributed by atoms with Crippen molar-refractivity contribution in [2.24, 2.45) is 10.8 Å². The summed E-state index contributed by atoms with van der Waals surface area (Å²) in [5.74, 6) is -3.64. The molecule has 5 aromatic rings. The van der Waals surface area contributed by atoms with Crippen molar-refractivity contribution in [1.29, 1.82) is 0 Å². The van der Waals surface area contributed by atoms with Gasteiger partial charge in [0.2, 0.25) is 11.8 Å². The molecule has 5 N–H and O–H groups in total. The molecule has 0 radical (unpaired) electrons. The van der Waals surface area contributed by atoms with Gasteiger partial charge in [0, 0.05) is 24.7 Å². The number of anilines is 2. The third kappa shape index (κ3) is 10.6. The van der Waals surface area contributed by atoms with Crippen LogP contribution >= 0.6 is 0 Å². The monoisotopic (exact) mass is 894 g/mol. The molecule has 66 heavy (non-hydrogen) atoms. The van der Waals surface area contributed by atoms with Crippen LogP contribution in [0.5, 0.6) is 0 Å². The fourth-order valence-electron chi connectivity index (χ4n) is 8.10. The van der Waals surface area contributed by atoms with Crippen molar-refractivity contribution in [3.05, 3.63) is 132 Å². The minimum absolute atomic E-state index is 0.0257. The maximum Gasteiger partial charge on any atom is 0.409 e. The molecular formula is C49H50N8O9. The molecule has 2 aliphatic rings. The number of nitrogens with two attached hydrogens (primary N) is 1. The number of hydrogen-bond donors (Lipinski definition) is 4. The van der Waals surface area contributed by atoms with Crippen molar-refractivity contribution in [2.45, 2.75) is 50.8 Å². The molecule has 0 bridgehead atoms. The van der Waals surface area contributed by atoms with Crippen LogP contribution in [0.25, 0.3) is 21.9 Å². The predicted molar refractivity (Wildman–Crippen MR) is 248 cm³/mol. The summed E-state index contributed by atoms with van der Waals surface area (Å²) in [7, 11) is 1.43. The van der Waals surface area contributed by atoms with Crippen LogP contribution < -0.4 is 31.6 Å². The molecule has 0 fully saturated rings. The summed E-state index contributed by atoms with van der Waals surface area (Å²) in [5.41, 5.74) is 11.1. The Morgan fingerprint density at radius 2 is 1.47 bits per heavy atom. The first kappa shape index (κ1) is 45.9. The number of hydrogen-bond acceptors (Lipinski definition) is 10. The van der Waals surface area contributed by atoms with Crippen molar-refractivity contribution in [3.63, 3.8) is 0 Å². The molecule has 17 heteroatoms. The van der Waals surface area contributed by atoms with Gasteiger partial charge >= 0.3 is 18.1 Å². The Balaban J connectivity index is 1.14. The molecule has 2 atom stereocenters. The molecule has 7 amide bonds. The van der Waals surface area contributed by atoms with Crippen molar-refractivity contribution in [1.82, 2.24) is 21.0 Å². The zero-order chi connectivity index (χ0) is 47.1. The number of urea groups is 1. The lowest BCUT2D eigenvalue weighted by atomic mass is 9.98. The van der Waals surface area contributed by atoms with E-state index in [1.165, 1.54) is 11.9 Å². The molecule has 1 aliphatic heterocycles. The number of esters is 1. The fourth-order valence-corrected chi connectivity index (χ4v) is 8.10. The lowest BCUT2D eigenvalue weighted by Crippen LogP contribution is -2.55. The summed E-state index contributed by atoms with van der Waals surface area (Å²) in [4.78, 5) is 98.6. The number of benzene rings is 5. The highest BCUT2D eigenvalue weighted by atomic mass is 16.6. The minimum atomic E-state index is -1.42. The molecule has 7 rings (SSSR count). The van der Waals surface area contributed by atoms with Gasteiger partial charge in [-0.05, 0) is 72.0 Å². The van der Waals surface area contributed by atoms with Crippen molar-refractivity contribution < 1.29 is 43.0 Å². The van der Waals surface area contributed by atoms with Crippen LogP contribution in [0.2, 0.25) is 0 Å². The maximum absolute atomic E-state index is 14.8. The first-order valence-electron chi connectivity index (χ1n) is 21.2.